The Balaban J connectivity index is 2.15. The molecule has 0 aromatic heterocycles. The molecular formula is C26H31NO3Si. The zero-order valence-electron chi connectivity index (χ0n) is 18.6. The SMILES string of the molecule is COC(=O)[C@H](Cc1ccc(O)cc1)N[Si](c1ccccc1)(c1ccccc1)C(C)(C)C. The van der Waals surface area contributed by atoms with Crippen LogP contribution < -0.4 is 15.4 Å². The monoisotopic (exact) mass is 433 g/mol. The van der Waals surface area contributed by atoms with Crippen molar-refractivity contribution < 1.29 is 14.6 Å². The van der Waals surface area contributed by atoms with E-state index in [0.717, 1.165) is 5.56 Å². The number of benzene rings is 3. The van der Waals surface area contributed by atoms with Gasteiger partial charge in [-0.3, -0.25) is 4.79 Å². The van der Waals surface area contributed by atoms with Crippen molar-refractivity contribution in [2.45, 2.75) is 38.3 Å². The van der Waals surface area contributed by atoms with Gasteiger partial charge in [-0.2, -0.15) is 0 Å². The quantitative estimate of drug-likeness (QED) is 0.441. The van der Waals surface area contributed by atoms with Crippen LogP contribution in [0.15, 0.2) is 84.9 Å². The number of ether oxygens (including phenoxy) is 1. The molecule has 0 aliphatic carbocycles. The van der Waals surface area contributed by atoms with Crippen LogP contribution in [0, 0.1) is 0 Å². The van der Waals surface area contributed by atoms with Gasteiger partial charge in [0.2, 0.25) is 0 Å². The maximum Gasteiger partial charge on any atom is 0.322 e. The average Bonchev–Trinajstić information content (AvgIpc) is 2.77. The van der Waals surface area contributed by atoms with Gasteiger partial charge in [0.05, 0.1) is 7.11 Å². The van der Waals surface area contributed by atoms with E-state index in [4.69, 9.17) is 4.74 Å². The molecule has 0 radical (unpaired) electrons. The van der Waals surface area contributed by atoms with E-state index in [1.807, 2.05) is 24.3 Å². The fraction of sp³-hybridized carbons (Fsp3) is 0.269. The minimum Gasteiger partial charge on any atom is -0.508 e. The predicted molar refractivity (Wildman–Crippen MR) is 128 cm³/mol. The lowest BCUT2D eigenvalue weighted by Gasteiger charge is -2.46. The van der Waals surface area contributed by atoms with Crippen LogP contribution >= 0.6 is 0 Å². The maximum absolute atomic E-state index is 12.9. The number of phenolic OH excluding ortho intramolecular Hbond substituents is 1. The minimum absolute atomic E-state index is 0.142. The number of hydrogen-bond donors (Lipinski definition) is 2. The first-order valence-corrected chi connectivity index (χ1v) is 12.5. The van der Waals surface area contributed by atoms with E-state index >= 15 is 0 Å². The van der Waals surface area contributed by atoms with Crippen LogP contribution in [0.4, 0.5) is 0 Å². The summed E-state index contributed by atoms with van der Waals surface area (Å²) in [7, 11) is -1.23. The summed E-state index contributed by atoms with van der Waals surface area (Å²) >= 11 is 0. The second-order valence-electron chi connectivity index (χ2n) is 8.82. The lowest BCUT2D eigenvalue weighted by molar-refractivity contribution is -0.142. The number of esters is 1. The summed E-state index contributed by atoms with van der Waals surface area (Å²) < 4.78 is 5.21. The third-order valence-electron chi connectivity index (χ3n) is 5.79. The van der Waals surface area contributed by atoms with Crippen LogP contribution in [0.2, 0.25) is 5.04 Å². The van der Waals surface area contributed by atoms with Crippen molar-refractivity contribution in [1.82, 2.24) is 4.98 Å². The molecule has 0 saturated heterocycles. The molecule has 0 saturated carbocycles. The Hall–Kier alpha value is -2.89. The summed E-state index contributed by atoms with van der Waals surface area (Å²) in [5, 5.41) is 11.9. The molecule has 31 heavy (non-hydrogen) atoms. The molecule has 0 unspecified atom stereocenters. The smallest absolute Gasteiger partial charge is 0.322 e. The third kappa shape index (κ3) is 4.89. The van der Waals surface area contributed by atoms with Gasteiger partial charge in [-0.1, -0.05) is 93.6 Å². The van der Waals surface area contributed by atoms with Crippen molar-refractivity contribution in [2.24, 2.45) is 0 Å². The fourth-order valence-electron chi connectivity index (χ4n) is 4.26. The molecule has 0 heterocycles. The molecule has 3 aromatic carbocycles. The number of aromatic hydroxyl groups is 1. The molecule has 0 bridgehead atoms. The van der Waals surface area contributed by atoms with Crippen molar-refractivity contribution in [3.8, 4) is 5.75 Å². The zero-order chi connectivity index (χ0) is 22.5. The Kier molecular flexibility index (Phi) is 6.98. The lowest BCUT2D eigenvalue weighted by atomic mass is 10.1. The molecule has 1 atom stereocenters. The van der Waals surface area contributed by atoms with E-state index in [9.17, 15) is 9.90 Å². The van der Waals surface area contributed by atoms with Crippen LogP contribution in [0.1, 0.15) is 26.3 Å². The third-order valence-corrected chi connectivity index (χ3v) is 11.2. The summed E-state index contributed by atoms with van der Waals surface area (Å²) in [4.78, 5) is 16.8. The molecular weight excluding hydrogens is 402 g/mol. The second kappa shape index (κ2) is 9.50. The van der Waals surface area contributed by atoms with Gasteiger partial charge in [-0.05, 0) is 39.5 Å². The average molecular weight is 434 g/mol. The standard InChI is InChI=1S/C26H31NO3Si/c1-26(2,3)31(22-11-7-5-8-12-22,23-13-9-6-10-14-23)27-24(25(29)30-4)19-20-15-17-21(28)18-16-20/h5-18,24,27-28H,19H2,1-4H3/t24-/m0/s1. The highest BCUT2D eigenvalue weighted by Crippen LogP contribution is 2.34. The van der Waals surface area contributed by atoms with Crippen LogP contribution in [-0.4, -0.2) is 32.5 Å². The van der Waals surface area contributed by atoms with E-state index in [2.05, 4.69) is 74.3 Å². The number of nitrogens with one attached hydrogen (secondary N) is 1. The van der Waals surface area contributed by atoms with Crippen molar-refractivity contribution in [3.63, 3.8) is 0 Å². The van der Waals surface area contributed by atoms with Gasteiger partial charge in [0.15, 0.2) is 8.24 Å². The molecule has 0 amide bonds. The Morgan fingerprint density at radius 1 is 0.903 bits per heavy atom. The van der Waals surface area contributed by atoms with E-state index < -0.39 is 14.3 Å². The van der Waals surface area contributed by atoms with Gasteiger partial charge in [-0.15, -0.1) is 0 Å². The number of carbonyl (C=O) groups excluding carboxylic acids is 1. The molecule has 162 valence electrons. The van der Waals surface area contributed by atoms with Gasteiger partial charge >= 0.3 is 5.97 Å². The highest BCUT2D eigenvalue weighted by molar-refractivity contribution is 7.02. The van der Waals surface area contributed by atoms with E-state index in [-0.39, 0.29) is 16.8 Å². The minimum atomic E-state index is -2.66. The first-order valence-electron chi connectivity index (χ1n) is 10.5. The molecule has 0 spiro atoms. The van der Waals surface area contributed by atoms with Gasteiger partial charge < -0.3 is 14.8 Å². The fourth-order valence-corrected chi connectivity index (χ4v) is 9.22. The van der Waals surface area contributed by atoms with Crippen LogP contribution in [0.5, 0.6) is 5.75 Å². The summed E-state index contributed by atoms with van der Waals surface area (Å²) in [6.45, 7) is 6.71. The zero-order valence-corrected chi connectivity index (χ0v) is 19.6. The van der Waals surface area contributed by atoms with E-state index in [1.54, 1.807) is 12.1 Å². The highest BCUT2D eigenvalue weighted by atomic mass is 28.3. The Labute approximate surface area is 186 Å². The molecule has 3 rings (SSSR count). The normalized spacial score (nSPS) is 12.9. The molecule has 2 N–H and O–H groups in total. The van der Waals surface area contributed by atoms with Gasteiger partial charge in [0.1, 0.15) is 11.8 Å². The Bertz CT molecular complexity index is 943. The number of rotatable bonds is 7. The summed E-state index contributed by atoms with van der Waals surface area (Å²) in [5.74, 6) is -0.0839. The van der Waals surface area contributed by atoms with Gasteiger partial charge in [-0.25, -0.2) is 0 Å². The van der Waals surface area contributed by atoms with Crippen LogP contribution in [0.25, 0.3) is 0 Å². The van der Waals surface area contributed by atoms with Crippen LogP contribution in [-0.2, 0) is 16.0 Å². The number of phenols is 1. The molecule has 3 aromatic rings. The topological polar surface area (TPSA) is 58.6 Å². The molecule has 4 nitrogen and oxygen atoms in total. The molecule has 0 aliphatic heterocycles. The van der Waals surface area contributed by atoms with Crippen molar-refractivity contribution >= 4 is 24.6 Å². The maximum atomic E-state index is 12.9. The second-order valence-corrected chi connectivity index (χ2v) is 13.3. The van der Waals surface area contributed by atoms with Crippen molar-refractivity contribution in [2.75, 3.05) is 7.11 Å². The largest absolute Gasteiger partial charge is 0.508 e. The number of carbonyl (C=O) groups is 1. The van der Waals surface area contributed by atoms with Gasteiger partial charge in [0, 0.05) is 0 Å². The Morgan fingerprint density at radius 3 is 1.81 bits per heavy atom. The first-order chi connectivity index (χ1) is 14.8. The number of hydrogen-bond acceptors (Lipinski definition) is 4. The molecule has 0 fully saturated rings. The van der Waals surface area contributed by atoms with E-state index in [0.29, 0.717) is 6.42 Å². The first kappa shape index (κ1) is 22.8. The summed E-state index contributed by atoms with van der Waals surface area (Å²) in [6, 6.07) is 27.4. The van der Waals surface area contributed by atoms with Crippen LogP contribution in [0.3, 0.4) is 0 Å². The molecule has 0 aliphatic rings. The summed E-state index contributed by atoms with van der Waals surface area (Å²) in [5.41, 5.74) is 0.957. The Morgan fingerprint density at radius 2 is 1.39 bits per heavy atom. The van der Waals surface area contributed by atoms with E-state index in [1.165, 1.54) is 17.5 Å². The predicted octanol–water partition coefficient (Wildman–Crippen LogP) is 3.63. The van der Waals surface area contributed by atoms with Gasteiger partial charge in [0.25, 0.3) is 0 Å². The highest BCUT2D eigenvalue weighted by Gasteiger charge is 2.50. The molecule has 5 heteroatoms. The van der Waals surface area contributed by atoms with Crippen molar-refractivity contribution in [1.29, 1.82) is 0 Å². The summed E-state index contributed by atoms with van der Waals surface area (Å²) in [6.07, 6.45) is 0.470. The van der Waals surface area contributed by atoms with Crippen molar-refractivity contribution in [3.05, 3.63) is 90.5 Å². The number of methoxy groups -OCH3 is 1. The lowest BCUT2D eigenvalue weighted by Crippen LogP contribution is -2.76.